The highest BCUT2D eigenvalue weighted by Gasteiger charge is 2.28. The predicted molar refractivity (Wildman–Crippen MR) is 544 cm³/mol. The minimum absolute atomic E-state index is 0.00635. The van der Waals surface area contributed by atoms with Crippen LogP contribution in [0.1, 0.15) is 349 Å². The van der Waals surface area contributed by atoms with Gasteiger partial charge in [0.2, 0.25) is 0 Å². The maximum atomic E-state index is 11.4. The second kappa shape index (κ2) is 112. The lowest BCUT2D eigenvalue weighted by atomic mass is 9.91. The molecule has 136 heavy (non-hydrogen) atoms. The van der Waals surface area contributed by atoms with Crippen LogP contribution in [0.5, 0.6) is 0 Å². The summed E-state index contributed by atoms with van der Waals surface area (Å²) in [7, 11) is 19.6. The molecule has 32 nitrogen and oxygen atoms in total. The van der Waals surface area contributed by atoms with Gasteiger partial charge in [0.05, 0.1) is 137 Å². The SMILES string of the molecule is CCC(C)(C)C(=O)OCCCOC.CCC(C)(C)C(=O)OCCOC.CCC(C)(C)OC(=O)CCCOC.CCC(C)(C)OC(=O)CCOC.CCC(C)(C)OCCCOC.CCC(C)(C)OCCOC.CCC(C)C(=O)OCCCOC.CCC(C)C(=O)OCCOC.CCC(C)OC(=O)CCCOC.CCC(C)OC(=O)CCOC.CCC(C)OCCCOC.CCC(C)OCCOC. The summed E-state index contributed by atoms with van der Waals surface area (Å²) in [5.41, 5.74) is -1.35. The number of hydrogen-bond donors (Lipinski definition) is 0. The van der Waals surface area contributed by atoms with Gasteiger partial charge in [0.15, 0.2) is 0 Å². The zero-order chi connectivity index (χ0) is 108. The molecule has 6 atom stereocenters. The van der Waals surface area contributed by atoms with Crippen molar-refractivity contribution in [2.24, 2.45) is 22.7 Å². The summed E-state index contributed by atoms with van der Waals surface area (Å²) in [6.45, 7) is 71.5. The third kappa shape index (κ3) is 131. The highest BCUT2D eigenvalue weighted by molar-refractivity contribution is 5.76. The Labute approximate surface area is 831 Å². The standard InChI is InChI=1S/2C10H20O3.4C9H18O3.C9H20O2.2C8H16O3.2C8H18O2.C7H16O2/c1-5-10(2,3)9(11)13-8-6-7-12-4;1-5-10(2,3)13-9(11)7-6-8-12-4;1-5-9(2,3)8(10)12-7-6-11-4;1-5-9(2,3)12-8(10)6-7-11-4;1-4-8(2)9(10)12-7-5-6-11-3;1-4-8(2)12-9(10)6-5-7-11-3;1-5-9(2,3)11-8-6-7-10-4;1-4-7(2)8(9)11-6-5-10-3;1-4-7(2)11-8(9)5-6-10-3;1-5-8(2,3)10-7-6-9-4;1-4-8(2)10-7-5-6-9-3;1-4-7(2)9-6-5-8-3/h2*5-8H2,1-4H3;2*5-7H2,1-4H3;2*8H,4-7H2,1-3H3;5-8H2,1-4H3;2*7H,4-6H2,1-3H3;5-7H2,1-4H3;8H,4-7H2,1-3H3;7H,4-6H2,1-3H3. The molecule has 0 aromatic carbocycles. The lowest BCUT2D eigenvalue weighted by Gasteiger charge is -2.23. The molecule has 0 saturated heterocycles. The van der Waals surface area contributed by atoms with Crippen molar-refractivity contribution in [1.29, 1.82) is 0 Å². The van der Waals surface area contributed by atoms with Crippen molar-refractivity contribution >= 4 is 47.8 Å². The third-order valence-corrected chi connectivity index (χ3v) is 20.4. The molecule has 0 aliphatic carbocycles. The number of rotatable bonds is 66. The van der Waals surface area contributed by atoms with Crippen molar-refractivity contribution in [2.75, 3.05) is 217 Å². The van der Waals surface area contributed by atoms with Gasteiger partial charge >= 0.3 is 47.8 Å². The van der Waals surface area contributed by atoms with Crippen LogP contribution >= 0.6 is 0 Å². The Balaban J connectivity index is -0.000000123. The van der Waals surface area contributed by atoms with Crippen molar-refractivity contribution in [3.63, 3.8) is 0 Å². The summed E-state index contributed by atoms with van der Waals surface area (Å²) in [4.78, 5) is 88.9. The van der Waals surface area contributed by atoms with Gasteiger partial charge in [-0.05, 0) is 214 Å². The molecule has 0 heterocycles. The van der Waals surface area contributed by atoms with Crippen LogP contribution in [0.2, 0.25) is 0 Å². The number of esters is 8. The minimum Gasteiger partial charge on any atom is -0.465 e. The average Bonchev–Trinajstić information content (AvgIpc) is 0.900. The van der Waals surface area contributed by atoms with E-state index in [9.17, 15) is 38.4 Å². The summed E-state index contributed by atoms with van der Waals surface area (Å²) in [6.07, 6.45) is 18.3. The van der Waals surface area contributed by atoms with Gasteiger partial charge in [-0.3, -0.25) is 38.4 Å². The van der Waals surface area contributed by atoms with E-state index < -0.39 is 0 Å². The molecular weight excluding hydrogens is 1760 g/mol. The van der Waals surface area contributed by atoms with Gasteiger partial charge < -0.3 is 114 Å². The summed E-state index contributed by atoms with van der Waals surface area (Å²) < 4.78 is 120. The molecule has 0 radical (unpaired) electrons. The first-order valence-electron chi connectivity index (χ1n) is 49.7. The average molecular weight is 1980 g/mol. The molecule has 0 aliphatic rings. The number of carbonyl (C=O) groups excluding carboxylic acids is 8. The monoisotopic (exact) mass is 1980 g/mol. The maximum absolute atomic E-state index is 11.4. The van der Waals surface area contributed by atoms with Crippen LogP contribution in [-0.2, 0) is 152 Å². The summed E-state index contributed by atoms with van der Waals surface area (Å²) in [6, 6.07) is 0. The van der Waals surface area contributed by atoms with E-state index in [2.05, 4.69) is 69.2 Å². The van der Waals surface area contributed by atoms with Crippen LogP contribution in [0.15, 0.2) is 0 Å². The Morgan fingerprint density at radius 1 is 0.221 bits per heavy atom. The van der Waals surface area contributed by atoms with Gasteiger partial charge in [-0.1, -0.05) is 96.9 Å². The van der Waals surface area contributed by atoms with Crippen molar-refractivity contribution in [1.82, 2.24) is 0 Å². The summed E-state index contributed by atoms with van der Waals surface area (Å²) in [5, 5.41) is 0. The highest BCUT2D eigenvalue weighted by Crippen LogP contribution is 2.23. The predicted octanol–water partition coefficient (Wildman–Crippen LogP) is 20.8. The molecule has 0 rings (SSSR count). The fourth-order valence-corrected chi connectivity index (χ4v) is 7.39. The first-order valence-corrected chi connectivity index (χ1v) is 49.7. The van der Waals surface area contributed by atoms with Gasteiger partial charge in [0.25, 0.3) is 0 Å². The zero-order valence-electron chi connectivity index (χ0n) is 95.2. The largest absolute Gasteiger partial charge is 0.465 e. The molecule has 0 amide bonds. The lowest BCUT2D eigenvalue weighted by molar-refractivity contribution is -0.158. The van der Waals surface area contributed by atoms with Crippen LogP contribution in [0.3, 0.4) is 0 Å². The van der Waals surface area contributed by atoms with Gasteiger partial charge in [-0.2, -0.15) is 0 Å². The van der Waals surface area contributed by atoms with Crippen LogP contribution < -0.4 is 0 Å². The van der Waals surface area contributed by atoms with E-state index in [1.165, 1.54) is 0 Å². The second-order valence-electron chi connectivity index (χ2n) is 35.4. The second-order valence-corrected chi connectivity index (χ2v) is 35.4. The van der Waals surface area contributed by atoms with Crippen LogP contribution in [-0.4, -0.2) is 312 Å². The van der Waals surface area contributed by atoms with Crippen molar-refractivity contribution in [3.05, 3.63) is 0 Å². The molecule has 824 valence electrons. The Morgan fingerprint density at radius 2 is 0.471 bits per heavy atom. The molecule has 0 saturated carbocycles. The smallest absolute Gasteiger partial charge is 0.311 e. The molecule has 32 heteroatoms. The molecular formula is C104H216O32. The molecule has 0 fully saturated rings. The van der Waals surface area contributed by atoms with E-state index >= 15 is 0 Å². The molecule has 0 aromatic heterocycles. The Bertz CT molecular complexity index is 2530. The minimum atomic E-state index is -0.367. The van der Waals surface area contributed by atoms with Gasteiger partial charge in [0, 0.05) is 164 Å². The molecule has 0 N–H and O–H groups in total. The molecule has 0 aliphatic heterocycles. The van der Waals surface area contributed by atoms with E-state index in [1.54, 1.807) is 85.3 Å². The van der Waals surface area contributed by atoms with Crippen molar-refractivity contribution < 1.29 is 152 Å². The van der Waals surface area contributed by atoms with Gasteiger partial charge in [0.1, 0.15) is 24.4 Å². The molecule has 0 aromatic rings. The Morgan fingerprint density at radius 3 is 0.794 bits per heavy atom. The number of methoxy groups -OCH3 is 12. The van der Waals surface area contributed by atoms with Crippen molar-refractivity contribution in [3.8, 4) is 0 Å². The fraction of sp³-hybridized carbons (Fsp3) is 0.923. The quantitative estimate of drug-likeness (QED) is 0.0310. The number of ether oxygens (including phenoxy) is 24. The molecule has 0 spiro atoms. The summed E-state index contributed by atoms with van der Waals surface area (Å²) in [5.74, 6) is -1.11. The van der Waals surface area contributed by atoms with E-state index in [-0.39, 0.29) is 105 Å². The lowest BCUT2D eigenvalue weighted by Crippen LogP contribution is -2.27. The van der Waals surface area contributed by atoms with Crippen LogP contribution in [0.25, 0.3) is 0 Å². The molecule has 0 bridgehead atoms. The van der Waals surface area contributed by atoms with E-state index in [0.717, 1.165) is 142 Å². The Kier molecular flexibility index (Phi) is 129. The van der Waals surface area contributed by atoms with Gasteiger partial charge in [-0.25, -0.2) is 0 Å². The van der Waals surface area contributed by atoms with E-state index in [1.807, 2.05) is 138 Å². The molecule has 6 unspecified atom stereocenters. The summed E-state index contributed by atoms with van der Waals surface area (Å²) >= 11 is 0. The number of hydrogen-bond acceptors (Lipinski definition) is 32. The van der Waals surface area contributed by atoms with Crippen molar-refractivity contribution in [2.45, 2.75) is 396 Å². The van der Waals surface area contributed by atoms with Crippen LogP contribution in [0.4, 0.5) is 0 Å². The zero-order valence-corrected chi connectivity index (χ0v) is 95.2. The first kappa shape index (κ1) is 156. The Hall–Kier alpha value is -4.88. The van der Waals surface area contributed by atoms with Crippen LogP contribution in [0, 0.1) is 22.7 Å². The first-order chi connectivity index (χ1) is 63.8. The fourth-order valence-electron chi connectivity index (χ4n) is 7.39. The maximum Gasteiger partial charge on any atom is 0.311 e. The van der Waals surface area contributed by atoms with E-state index in [4.69, 9.17) is 114 Å². The van der Waals surface area contributed by atoms with Gasteiger partial charge in [-0.15, -0.1) is 0 Å². The number of carbonyl (C=O) groups is 8. The highest BCUT2D eigenvalue weighted by atomic mass is 16.6. The van der Waals surface area contributed by atoms with E-state index in [0.29, 0.717) is 144 Å². The topological polar surface area (TPSA) is 358 Å². The third-order valence-electron chi connectivity index (χ3n) is 20.4. The normalized spacial score (nSPS) is 12.2.